The Labute approximate surface area is 221 Å². The van der Waals surface area contributed by atoms with E-state index in [2.05, 4.69) is 31.0 Å². The van der Waals surface area contributed by atoms with Gasteiger partial charge in [-0.3, -0.25) is 19.6 Å². The van der Waals surface area contributed by atoms with Crippen molar-refractivity contribution in [3.8, 4) is 0 Å². The van der Waals surface area contributed by atoms with Crippen LogP contribution in [-0.2, 0) is 9.59 Å². The molecule has 4 rings (SSSR count). The molecule has 0 radical (unpaired) electrons. The van der Waals surface area contributed by atoms with E-state index in [1.807, 2.05) is 84.9 Å². The summed E-state index contributed by atoms with van der Waals surface area (Å²) in [6.07, 6.45) is 8.34. The Morgan fingerprint density at radius 3 is 1.24 bits per heavy atom. The van der Waals surface area contributed by atoms with E-state index in [1.165, 1.54) is 0 Å². The maximum atomic E-state index is 12.4. The van der Waals surface area contributed by atoms with E-state index in [0.717, 1.165) is 22.3 Å². The van der Waals surface area contributed by atoms with Gasteiger partial charge in [0.25, 0.3) is 0 Å². The van der Waals surface area contributed by atoms with Gasteiger partial charge in [0.05, 0.1) is 11.4 Å². The normalized spacial score (nSPS) is 11.6. The van der Waals surface area contributed by atoms with Gasteiger partial charge in [0.15, 0.2) is 0 Å². The summed E-state index contributed by atoms with van der Waals surface area (Å²) in [6.45, 7) is 0. The molecular weight excluding hydrogens is 476 g/mol. The first-order valence-corrected chi connectivity index (χ1v) is 12.4. The first kappa shape index (κ1) is 26.1. The average molecular weight is 505 g/mol. The van der Waals surface area contributed by atoms with Crippen LogP contribution >= 0.6 is 0 Å². The minimum Gasteiger partial charge on any atom is -0.273 e. The van der Waals surface area contributed by atoms with Crippen molar-refractivity contribution in [3.05, 3.63) is 132 Å². The monoisotopic (exact) mass is 504 g/mol. The maximum absolute atomic E-state index is 12.4. The van der Waals surface area contributed by atoms with Crippen LogP contribution in [0.5, 0.6) is 0 Å². The number of rotatable bonds is 11. The van der Waals surface area contributed by atoms with Crippen molar-refractivity contribution in [1.29, 1.82) is 0 Å². The first-order chi connectivity index (χ1) is 18.7. The third-order valence-electron chi connectivity index (χ3n) is 5.64. The molecule has 2 aromatic heterocycles. The van der Waals surface area contributed by atoms with Gasteiger partial charge in [-0.05, 0) is 37.1 Å². The molecule has 0 unspecified atom stereocenters. The minimum absolute atomic E-state index is 0.213. The van der Waals surface area contributed by atoms with E-state index in [9.17, 15) is 9.59 Å². The highest BCUT2D eigenvalue weighted by Crippen LogP contribution is 2.11. The third kappa shape index (κ3) is 7.76. The lowest BCUT2D eigenvalue weighted by Gasteiger charge is -2.08. The molecule has 4 aromatic rings. The van der Waals surface area contributed by atoms with Crippen LogP contribution in [0.15, 0.2) is 120 Å². The number of benzene rings is 2. The largest absolute Gasteiger partial charge is 0.273 e. The number of carbonyl (C=O) groups excluding carboxylic acids is 2. The van der Waals surface area contributed by atoms with E-state index >= 15 is 0 Å². The van der Waals surface area contributed by atoms with Crippen LogP contribution < -0.4 is 10.9 Å². The number of aromatic nitrogens is 2. The molecule has 0 aliphatic heterocycles. The zero-order valence-electron chi connectivity index (χ0n) is 20.8. The minimum atomic E-state index is -0.213. The van der Waals surface area contributed by atoms with Gasteiger partial charge in [-0.15, -0.1) is 0 Å². The van der Waals surface area contributed by atoms with Gasteiger partial charge >= 0.3 is 0 Å². The fourth-order valence-corrected chi connectivity index (χ4v) is 3.72. The standard InChI is InChI=1S/C30H28N6O2/c37-27(33-35-29(23-9-3-1-4-10-23)25-15-19-31-20-16-25)13-7-8-14-28(38)34-36-30(24-11-5-2-6-12-24)26-17-21-32-22-18-26/h1-6,9-12,15-22H,7-8,13-14H2,(H,33,37)(H,34,38)/b35-29+,36-30+. The number of amides is 2. The van der Waals surface area contributed by atoms with Crippen LogP contribution in [0.1, 0.15) is 47.9 Å². The highest BCUT2D eigenvalue weighted by molar-refractivity contribution is 6.13. The Bertz CT molecular complexity index is 1180. The molecule has 0 saturated carbocycles. The lowest BCUT2D eigenvalue weighted by molar-refractivity contribution is -0.123. The maximum Gasteiger partial charge on any atom is 0.240 e. The number of nitrogens with zero attached hydrogens (tertiary/aromatic N) is 4. The van der Waals surface area contributed by atoms with Crippen molar-refractivity contribution >= 4 is 23.2 Å². The van der Waals surface area contributed by atoms with Crippen LogP contribution in [0.4, 0.5) is 0 Å². The SMILES string of the molecule is O=C(CCCCC(=O)N/N=C(\c1ccccc1)c1ccncc1)N/N=C(\c1ccccc1)c1ccncc1. The molecule has 38 heavy (non-hydrogen) atoms. The molecule has 0 fully saturated rings. The summed E-state index contributed by atoms with van der Waals surface area (Å²) in [6, 6.07) is 26.6. The third-order valence-corrected chi connectivity index (χ3v) is 5.64. The molecule has 190 valence electrons. The van der Waals surface area contributed by atoms with Gasteiger partial charge in [-0.25, -0.2) is 10.9 Å². The number of carbonyl (C=O) groups is 2. The zero-order chi connectivity index (χ0) is 26.4. The molecule has 0 spiro atoms. The molecule has 0 aliphatic carbocycles. The number of hydrogen-bond acceptors (Lipinski definition) is 6. The van der Waals surface area contributed by atoms with Crippen molar-refractivity contribution in [3.63, 3.8) is 0 Å². The van der Waals surface area contributed by atoms with Gasteiger partial charge < -0.3 is 0 Å². The number of hydrogen-bond donors (Lipinski definition) is 2. The van der Waals surface area contributed by atoms with Crippen LogP contribution in [0.3, 0.4) is 0 Å². The van der Waals surface area contributed by atoms with E-state index in [1.54, 1.807) is 24.8 Å². The molecule has 8 heteroatoms. The Balaban J connectivity index is 1.28. The Morgan fingerprint density at radius 1 is 0.526 bits per heavy atom. The average Bonchev–Trinajstić information content (AvgIpc) is 2.98. The molecule has 0 bridgehead atoms. The van der Waals surface area contributed by atoms with Crippen LogP contribution in [-0.4, -0.2) is 33.2 Å². The molecule has 0 aliphatic rings. The molecule has 0 saturated heterocycles. The fourth-order valence-electron chi connectivity index (χ4n) is 3.72. The van der Waals surface area contributed by atoms with Crippen molar-refractivity contribution in [2.24, 2.45) is 10.2 Å². The second kappa shape index (κ2) is 13.9. The second-order valence-electron chi connectivity index (χ2n) is 8.40. The quantitative estimate of drug-likeness (QED) is 0.178. The molecule has 2 heterocycles. The van der Waals surface area contributed by atoms with Gasteiger partial charge in [0.2, 0.25) is 11.8 Å². The van der Waals surface area contributed by atoms with Gasteiger partial charge in [0, 0.05) is 59.9 Å². The van der Waals surface area contributed by atoms with Gasteiger partial charge in [-0.2, -0.15) is 10.2 Å². The molecular formula is C30H28N6O2. The number of unbranched alkanes of at least 4 members (excludes halogenated alkanes) is 1. The molecule has 2 N–H and O–H groups in total. The Kier molecular flexibility index (Phi) is 9.57. The lowest BCUT2D eigenvalue weighted by atomic mass is 10.0. The van der Waals surface area contributed by atoms with Crippen molar-refractivity contribution in [2.75, 3.05) is 0 Å². The van der Waals surface area contributed by atoms with Crippen molar-refractivity contribution < 1.29 is 9.59 Å². The highest BCUT2D eigenvalue weighted by atomic mass is 16.2. The number of pyridine rings is 2. The summed E-state index contributed by atoms with van der Waals surface area (Å²) in [7, 11) is 0. The smallest absolute Gasteiger partial charge is 0.240 e. The molecule has 2 aromatic carbocycles. The van der Waals surface area contributed by atoms with Crippen LogP contribution in [0.2, 0.25) is 0 Å². The molecule has 2 amide bonds. The van der Waals surface area contributed by atoms with E-state index in [-0.39, 0.29) is 24.7 Å². The Hall–Kier alpha value is -4.98. The second-order valence-corrected chi connectivity index (χ2v) is 8.40. The lowest BCUT2D eigenvalue weighted by Crippen LogP contribution is -2.21. The summed E-state index contributed by atoms with van der Waals surface area (Å²) in [5, 5.41) is 8.74. The number of hydrazone groups is 2. The molecule has 0 atom stereocenters. The Morgan fingerprint density at radius 2 is 0.868 bits per heavy atom. The van der Waals surface area contributed by atoms with Crippen molar-refractivity contribution in [2.45, 2.75) is 25.7 Å². The van der Waals surface area contributed by atoms with Crippen LogP contribution in [0.25, 0.3) is 0 Å². The summed E-state index contributed by atoms with van der Waals surface area (Å²) in [5.41, 5.74) is 10.1. The topological polar surface area (TPSA) is 109 Å². The fraction of sp³-hybridized carbons (Fsp3) is 0.133. The first-order valence-electron chi connectivity index (χ1n) is 12.4. The summed E-state index contributed by atoms with van der Waals surface area (Å²) in [4.78, 5) is 32.9. The van der Waals surface area contributed by atoms with Crippen LogP contribution in [0, 0.1) is 0 Å². The predicted octanol–water partition coefficient (Wildman–Crippen LogP) is 4.47. The zero-order valence-corrected chi connectivity index (χ0v) is 20.8. The summed E-state index contributed by atoms with van der Waals surface area (Å²) >= 11 is 0. The van der Waals surface area contributed by atoms with Crippen molar-refractivity contribution in [1.82, 2.24) is 20.8 Å². The van der Waals surface area contributed by atoms with E-state index in [4.69, 9.17) is 0 Å². The summed E-state index contributed by atoms with van der Waals surface area (Å²) in [5.74, 6) is -0.426. The van der Waals surface area contributed by atoms with E-state index < -0.39 is 0 Å². The highest BCUT2D eigenvalue weighted by Gasteiger charge is 2.10. The predicted molar refractivity (Wildman–Crippen MR) is 147 cm³/mol. The van der Waals surface area contributed by atoms with Gasteiger partial charge in [-0.1, -0.05) is 60.7 Å². The van der Waals surface area contributed by atoms with E-state index in [0.29, 0.717) is 24.3 Å². The van der Waals surface area contributed by atoms with Gasteiger partial charge in [0.1, 0.15) is 0 Å². The number of nitrogens with one attached hydrogen (secondary N) is 2. The molecule has 8 nitrogen and oxygen atoms in total. The summed E-state index contributed by atoms with van der Waals surface area (Å²) < 4.78 is 0.